The van der Waals surface area contributed by atoms with E-state index in [1.807, 2.05) is 27.7 Å². The molecule has 8 N–H and O–H groups in total. The van der Waals surface area contributed by atoms with Crippen LogP contribution in [-0.4, -0.2) is 146 Å². The van der Waals surface area contributed by atoms with Gasteiger partial charge in [-0.15, -0.1) is 0 Å². The SMILES string of the molecule is CCCC1c2cc(c(O)c(CN(C)C(c3ccccc3)P(=O)(OC)OC)c2O)C(CCC)c2cc(c(O)c(CN(C)C(c3ccccc3)P(=O)(OC)OC)c2O)C(CCC)c2cc(c(O)c(CN(C)C(c3ccccc3)P(=O)(OC)OC)c2O)C(CCC)c2cc1c(O)c(CN(C)C(c1ccccc1)P(=O)(OC)OC)c2O. The van der Waals surface area contributed by atoms with Gasteiger partial charge < -0.3 is 77.0 Å². The van der Waals surface area contributed by atoms with E-state index >= 15 is 18.3 Å². The molecule has 1 aliphatic carbocycles. The van der Waals surface area contributed by atoms with Crippen LogP contribution in [-0.2, 0) is 80.6 Å². The molecule has 0 heterocycles. The van der Waals surface area contributed by atoms with Crippen molar-refractivity contribution in [2.75, 3.05) is 85.1 Å². The molecule has 4 atom stereocenters. The highest BCUT2D eigenvalue weighted by atomic mass is 31.2. The molecule has 28 heteroatoms. The number of rotatable bonds is 36. The number of fused-ring (bicyclic) bond motifs is 8. The minimum absolute atomic E-state index is 0.0759. The summed E-state index contributed by atoms with van der Waals surface area (Å²) in [6.45, 7) is 6.24. The van der Waals surface area contributed by atoms with Crippen LogP contribution in [0.25, 0.3) is 0 Å². The number of phenolic OH excluding ortho intramolecular Hbond substituents is 8. The molecule has 0 aromatic heterocycles. The Morgan fingerprint density at radius 1 is 0.277 bits per heavy atom. The summed E-state index contributed by atoms with van der Waals surface area (Å²) in [6, 6.07) is 42.0. The molecule has 0 radical (unpaired) electrons. The van der Waals surface area contributed by atoms with Crippen molar-refractivity contribution in [2.24, 2.45) is 0 Å². The maximum atomic E-state index is 15.1. The van der Waals surface area contributed by atoms with Gasteiger partial charge in [-0.25, -0.2) is 0 Å². The molecule has 112 heavy (non-hydrogen) atoms. The lowest BCUT2D eigenvalue weighted by atomic mass is 9.74. The minimum atomic E-state index is -4.15. The first-order valence-electron chi connectivity index (χ1n) is 37.7. The number of aromatic hydroxyl groups is 8. The summed E-state index contributed by atoms with van der Waals surface area (Å²) in [6.07, 6.45) is 2.12. The first kappa shape index (κ1) is 88.5. The van der Waals surface area contributed by atoms with Gasteiger partial charge in [0.2, 0.25) is 0 Å². The van der Waals surface area contributed by atoms with Gasteiger partial charge in [-0.2, -0.15) is 0 Å². The van der Waals surface area contributed by atoms with Gasteiger partial charge >= 0.3 is 30.4 Å². The van der Waals surface area contributed by atoms with Gasteiger partial charge in [-0.1, -0.05) is 175 Å². The Bertz CT molecular complexity index is 3990. The van der Waals surface area contributed by atoms with Crippen molar-refractivity contribution in [3.63, 3.8) is 0 Å². The Hall–Kier alpha value is -7.40. The molecule has 8 bridgehead atoms. The fourth-order valence-corrected chi connectivity index (χ4v) is 23.1. The molecule has 0 aliphatic heterocycles. The molecule has 0 spiro atoms. The fraction of sp³-hybridized carbons (Fsp3) is 0.429. The standard InChI is InChI=1S/C84H112N4O20P4/c1-17-33-57-61-45-63(75(91)69(73(61)89)49-85(5)81(109(97,101-9)102-10)53-37-25-21-26-38-53)58(34-18-2)65-47-67(79(95)71(77(65)93)51-87(7)83(111(99,105-13)106-14)55-41-29-23-30-42-55)60(36-20-4)68-48-66(78(94)72(80(68)96)52-88(8)84(112(100,107-15)108-16)56-43-31-24-32-44-56)59(35-19-3)64-46-62(57)74(90)70(76(64)92)50-86(6)82(110(98,103-11)104-12)54-39-27-22-28-40-54/h21-32,37-48,57-60,81-84,89-96H,17-20,33-36,49-52H2,1-16H3. The van der Waals surface area contributed by atoms with E-state index in [2.05, 4.69) is 0 Å². The third-order valence-electron chi connectivity index (χ3n) is 22.0. The zero-order valence-electron chi connectivity index (χ0n) is 67.0. The lowest BCUT2D eigenvalue weighted by Gasteiger charge is -2.35. The third-order valence-corrected chi connectivity index (χ3v) is 31.2. The van der Waals surface area contributed by atoms with Crippen molar-refractivity contribution in [3.05, 3.63) is 235 Å². The lowest BCUT2D eigenvalue weighted by molar-refractivity contribution is 0.204. The van der Waals surface area contributed by atoms with E-state index in [-0.39, 0.29) is 119 Å². The number of hydrogen-bond donors (Lipinski definition) is 8. The van der Waals surface area contributed by atoms with E-state index in [1.54, 1.807) is 193 Å². The number of nitrogens with zero attached hydrogens (tertiary/aromatic N) is 4. The summed E-state index contributed by atoms with van der Waals surface area (Å²) in [4.78, 5) is 6.55. The zero-order chi connectivity index (χ0) is 81.9. The summed E-state index contributed by atoms with van der Waals surface area (Å²) >= 11 is 0. The molecule has 608 valence electrons. The van der Waals surface area contributed by atoms with Crippen LogP contribution in [0.5, 0.6) is 46.0 Å². The largest absolute Gasteiger partial charge is 0.507 e. The molecule has 8 aromatic carbocycles. The minimum Gasteiger partial charge on any atom is -0.507 e. The normalized spacial score (nSPS) is 16.8. The maximum absolute atomic E-state index is 15.1. The summed E-state index contributed by atoms with van der Waals surface area (Å²) in [7, 11) is 0.159. The molecule has 0 saturated carbocycles. The Kier molecular flexibility index (Phi) is 30.3. The average Bonchev–Trinajstić information content (AvgIpc) is 0.733. The van der Waals surface area contributed by atoms with E-state index < -0.39 is 123 Å². The zero-order valence-corrected chi connectivity index (χ0v) is 70.6. The van der Waals surface area contributed by atoms with E-state index in [0.717, 1.165) is 0 Å². The number of benzene rings is 8. The van der Waals surface area contributed by atoms with Gasteiger partial charge in [0.05, 0.1) is 22.3 Å². The Morgan fingerprint density at radius 3 is 0.545 bits per heavy atom. The molecule has 4 unspecified atom stereocenters. The molecule has 1 aliphatic rings. The van der Waals surface area contributed by atoms with Crippen LogP contribution in [0.4, 0.5) is 0 Å². The van der Waals surface area contributed by atoms with Gasteiger partial charge in [-0.05, 0) is 100 Å². The van der Waals surface area contributed by atoms with Gasteiger partial charge in [-0.3, -0.25) is 37.9 Å². The molecule has 8 aromatic rings. The molecule has 0 fully saturated rings. The highest BCUT2D eigenvalue weighted by Crippen LogP contribution is 2.67. The topological polar surface area (TPSA) is 317 Å². The molecule has 9 rings (SSSR count). The second-order valence-electron chi connectivity index (χ2n) is 28.7. The molecule has 0 amide bonds. The highest BCUT2D eigenvalue weighted by molar-refractivity contribution is 7.55. The van der Waals surface area contributed by atoms with E-state index in [0.29, 0.717) is 47.9 Å². The Labute approximate surface area is 659 Å². The summed E-state index contributed by atoms with van der Waals surface area (Å²) in [5.74, 6) is -12.5. The number of phenols is 8. The quantitative estimate of drug-likeness (QED) is 0.0169. The van der Waals surface area contributed by atoms with E-state index in [1.165, 1.54) is 56.9 Å². The van der Waals surface area contributed by atoms with Crippen LogP contribution in [0.3, 0.4) is 0 Å². The number of hydrogen-bond acceptors (Lipinski definition) is 24. The second-order valence-corrected chi connectivity index (χ2v) is 37.9. The van der Waals surface area contributed by atoms with E-state index in [9.17, 15) is 40.9 Å². The fourth-order valence-electron chi connectivity index (χ4n) is 16.5. The van der Waals surface area contributed by atoms with Crippen LogP contribution in [0.2, 0.25) is 0 Å². The smallest absolute Gasteiger partial charge is 0.351 e. The van der Waals surface area contributed by atoms with Gasteiger partial charge in [0.25, 0.3) is 0 Å². The van der Waals surface area contributed by atoms with Crippen LogP contribution in [0.1, 0.15) is 215 Å². The third kappa shape index (κ3) is 17.7. The molecule has 0 saturated heterocycles. The Balaban J connectivity index is 1.51. The van der Waals surface area contributed by atoms with Crippen molar-refractivity contribution in [3.8, 4) is 46.0 Å². The molecule has 24 nitrogen and oxygen atoms in total. The molecular formula is C84H112N4O20P4. The van der Waals surface area contributed by atoms with Crippen molar-refractivity contribution < 1.29 is 95.3 Å². The molecular weight excluding hydrogens is 1510 g/mol. The van der Waals surface area contributed by atoms with Crippen molar-refractivity contribution in [1.82, 2.24) is 19.6 Å². The van der Waals surface area contributed by atoms with Crippen molar-refractivity contribution in [1.29, 1.82) is 0 Å². The van der Waals surface area contributed by atoms with Crippen LogP contribution >= 0.6 is 30.4 Å². The average molecular weight is 1620 g/mol. The summed E-state index contributed by atoms with van der Waals surface area (Å²) in [5, 5.41) is 110. The Morgan fingerprint density at radius 2 is 0.420 bits per heavy atom. The predicted octanol–water partition coefficient (Wildman–Crippen LogP) is 19.8. The lowest BCUT2D eigenvalue weighted by Crippen LogP contribution is -2.26. The highest BCUT2D eigenvalue weighted by Gasteiger charge is 2.46. The first-order valence-corrected chi connectivity index (χ1v) is 44.1. The van der Waals surface area contributed by atoms with Gasteiger partial charge in [0.15, 0.2) is 0 Å². The van der Waals surface area contributed by atoms with Crippen molar-refractivity contribution >= 4 is 30.4 Å². The second kappa shape index (κ2) is 38.4. The van der Waals surface area contributed by atoms with Gasteiger partial charge in [0, 0.05) is 151 Å². The van der Waals surface area contributed by atoms with Crippen molar-refractivity contribution in [2.45, 2.75) is 152 Å². The monoisotopic (exact) mass is 1620 g/mol. The van der Waals surface area contributed by atoms with Gasteiger partial charge in [0.1, 0.15) is 69.1 Å². The first-order chi connectivity index (χ1) is 53.5. The maximum Gasteiger partial charge on any atom is 0.351 e. The van der Waals surface area contributed by atoms with E-state index in [4.69, 9.17) is 36.2 Å². The predicted molar refractivity (Wildman–Crippen MR) is 435 cm³/mol. The van der Waals surface area contributed by atoms with Crippen LogP contribution in [0.15, 0.2) is 146 Å². The summed E-state index contributed by atoms with van der Waals surface area (Å²) in [5.41, 5.74) is 3.01. The van der Waals surface area contributed by atoms with Crippen LogP contribution in [0, 0.1) is 0 Å². The van der Waals surface area contributed by atoms with Crippen LogP contribution < -0.4 is 0 Å². The summed E-state index contributed by atoms with van der Waals surface area (Å²) < 4.78 is 106.